The first-order valence-corrected chi connectivity index (χ1v) is 9.76. The van der Waals surface area contributed by atoms with Crippen LogP contribution in [0, 0.1) is 28.0 Å². The van der Waals surface area contributed by atoms with Crippen LogP contribution in [0.4, 0.5) is 17.6 Å². The molecule has 1 aromatic heterocycles. The number of imidazole rings is 1. The topological polar surface area (TPSA) is 59.0 Å². The first kappa shape index (κ1) is 20.1. The summed E-state index contributed by atoms with van der Waals surface area (Å²) in [5, 5.41) is 2.90. The van der Waals surface area contributed by atoms with E-state index in [1.165, 1.54) is 0 Å². The zero-order chi connectivity index (χ0) is 20.7. The van der Waals surface area contributed by atoms with Crippen molar-refractivity contribution in [2.45, 2.75) is 44.2 Å². The summed E-state index contributed by atoms with van der Waals surface area (Å²) in [7, 11) is 0. The van der Waals surface area contributed by atoms with E-state index < -0.39 is 34.8 Å². The van der Waals surface area contributed by atoms with E-state index in [9.17, 15) is 22.4 Å². The van der Waals surface area contributed by atoms with E-state index in [2.05, 4.69) is 10.3 Å². The van der Waals surface area contributed by atoms with E-state index in [1.807, 2.05) is 0 Å². The summed E-state index contributed by atoms with van der Waals surface area (Å²) in [6, 6.07) is 0.140. The number of nitrogens with one attached hydrogen (secondary N) is 2. The molecule has 2 N–H and O–H groups in total. The van der Waals surface area contributed by atoms with Gasteiger partial charge in [-0.1, -0.05) is 0 Å². The molecule has 0 aliphatic carbocycles. The van der Waals surface area contributed by atoms with Gasteiger partial charge < -0.3 is 19.6 Å². The van der Waals surface area contributed by atoms with E-state index in [-0.39, 0.29) is 37.4 Å². The lowest BCUT2D eigenvalue weighted by Crippen LogP contribution is -2.41. The fourth-order valence-electron chi connectivity index (χ4n) is 4.08. The van der Waals surface area contributed by atoms with Gasteiger partial charge in [-0.15, -0.1) is 0 Å². The van der Waals surface area contributed by atoms with Crippen LogP contribution in [0.3, 0.4) is 0 Å². The van der Waals surface area contributed by atoms with E-state index in [0.29, 0.717) is 29.4 Å². The average molecular weight is 429 g/mol. The number of H-pyrrole nitrogens is 1. The Kier molecular flexibility index (Phi) is 5.48. The van der Waals surface area contributed by atoms with Gasteiger partial charge in [0.2, 0.25) is 5.91 Å². The van der Waals surface area contributed by atoms with Crippen LogP contribution >= 0.6 is 12.2 Å². The highest BCUT2D eigenvalue weighted by Crippen LogP contribution is 2.36. The van der Waals surface area contributed by atoms with Gasteiger partial charge in [-0.05, 0) is 31.5 Å². The zero-order valence-corrected chi connectivity index (χ0v) is 16.2. The van der Waals surface area contributed by atoms with Crippen molar-refractivity contribution in [2.75, 3.05) is 13.2 Å². The normalized spacial score (nSPS) is 21.2. The van der Waals surface area contributed by atoms with Crippen molar-refractivity contribution >= 4 is 18.1 Å². The molecule has 2 unspecified atom stereocenters. The number of hydrogen-bond donors (Lipinski definition) is 2. The summed E-state index contributed by atoms with van der Waals surface area (Å²) in [6.45, 7) is 1.21. The van der Waals surface area contributed by atoms with Crippen molar-refractivity contribution in [1.29, 1.82) is 0 Å². The predicted molar refractivity (Wildman–Crippen MR) is 98.0 cm³/mol. The molecule has 2 aliphatic heterocycles. The summed E-state index contributed by atoms with van der Waals surface area (Å²) in [6.07, 6.45) is 1.83. The number of rotatable bonds is 4. The molecular formula is C19H19F4N3O2S. The smallest absolute Gasteiger partial charge is 0.226 e. The quantitative estimate of drug-likeness (QED) is 0.446. The molecule has 156 valence electrons. The molecule has 1 amide bonds. The maximum atomic E-state index is 14.2. The summed E-state index contributed by atoms with van der Waals surface area (Å²) >= 11 is 5.25. The van der Waals surface area contributed by atoms with Gasteiger partial charge in [-0.25, -0.2) is 17.6 Å². The van der Waals surface area contributed by atoms with Gasteiger partial charge in [0.1, 0.15) is 0 Å². The molecule has 10 heteroatoms. The standard InChI is InChI=1S/C19H19F4N3O2S/c20-11-5-12(21)18(23)16(17(11)22)9-4-14-13(25-19(29)26(14)7-9)6-15(27)24-10-2-1-3-28-8-10/h5,9-10H,1-4,6-8H2,(H,24,27)(H,25,29). The van der Waals surface area contributed by atoms with E-state index in [1.54, 1.807) is 4.57 Å². The molecule has 0 spiro atoms. The molecule has 4 rings (SSSR count). The third-order valence-corrected chi connectivity index (χ3v) is 5.76. The molecule has 1 fully saturated rings. The second-order valence-electron chi connectivity index (χ2n) is 7.41. The lowest BCUT2D eigenvalue weighted by molar-refractivity contribution is -0.122. The second kappa shape index (κ2) is 7.91. The molecule has 2 atom stereocenters. The monoisotopic (exact) mass is 429 g/mol. The van der Waals surface area contributed by atoms with Crippen LogP contribution in [0.25, 0.3) is 0 Å². The van der Waals surface area contributed by atoms with Gasteiger partial charge in [-0.3, -0.25) is 4.79 Å². The minimum absolute atomic E-state index is 0.0116. The highest BCUT2D eigenvalue weighted by Gasteiger charge is 2.33. The maximum Gasteiger partial charge on any atom is 0.226 e. The van der Waals surface area contributed by atoms with Crippen molar-refractivity contribution in [2.24, 2.45) is 0 Å². The SMILES string of the molecule is O=C(Cc1[nH]c(=S)n2c1CC(c1c(F)c(F)cc(F)c1F)C2)NC1CCCOC1. The average Bonchev–Trinajstić information content (AvgIpc) is 3.22. The molecule has 0 saturated carbocycles. The van der Waals surface area contributed by atoms with Gasteiger partial charge in [0, 0.05) is 42.1 Å². The Bertz CT molecular complexity index is 988. The van der Waals surface area contributed by atoms with Crippen LogP contribution in [0.15, 0.2) is 6.07 Å². The molecule has 5 nitrogen and oxygen atoms in total. The summed E-state index contributed by atoms with van der Waals surface area (Å²) in [5.74, 6) is -6.71. The van der Waals surface area contributed by atoms with Crippen LogP contribution in [-0.2, 0) is 28.9 Å². The number of ether oxygens (including phenoxy) is 1. The molecule has 3 heterocycles. The molecular weight excluding hydrogens is 410 g/mol. The molecule has 29 heavy (non-hydrogen) atoms. The molecule has 1 saturated heterocycles. The third kappa shape index (κ3) is 3.83. The Balaban J connectivity index is 1.54. The largest absolute Gasteiger partial charge is 0.379 e. The van der Waals surface area contributed by atoms with Crippen molar-refractivity contribution in [3.8, 4) is 0 Å². The number of carbonyl (C=O) groups is 1. The van der Waals surface area contributed by atoms with Crippen molar-refractivity contribution in [1.82, 2.24) is 14.9 Å². The fourth-order valence-corrected chi connectivity index (χ4v) is 4.39. The predicted octanol–water partition coefficient (Wildman–Crippen LogP) is 3.28. The summed E-state index contributed by atoms with van der Waals surface area (Å²) < 4.78 is 62.9. The minimum atomic E-state index is -1.44. The number of benzene rings is 1. The lowest BCUT2D eigenvalue weighted by Gasteiger charge is -2.23. The zero-order valence-electron chi connectivity index (χ0n) is 15.4. The number of fused-ring (bicyclic) bond motifs is 1. The van der Waals surface area contributed by atoms with Crippen LogP contribution < -0.4 is 5.32 Å². The van der Waals surface area contributed by atoms with Gasteiger partial charge >= 0.3 is 0 Å². The molecule has 0 radical (unpaired) electrons. The second-order valence-corrected chi connectivity index (χ2v) is 7.79. The summed E-state index contributed by atoms with van der Waals surface area (Å²) in [4.78, 5) is 15.3. The third-order valence-electron chi connectivity index (χ3n) is 5.44. The van der Waals surface area contributed by atoms with Gasteiger partial charge in [0.05, 0.1) is 19.1 Å². The highest BCUT2D eigenvalue weighted by molar-refractivity contribution is 7.71. The van der Waals surface area contributed by atoms with Crippen LogP contribution in [0.1, 0.15) is 35.7 Å². The number of amides is 1. The molecule has 0 bridgehead atoms. The molecule has 1 aromatic carbocycles. The minimum Gasteiger partial charge on any atom is -0.379 e. The highest BCUT2D eigenvalue weighted by atomic mass is 32.1. The van der Waals surface area contributed by atoms with E-state index in [0.717, 1.165) is 12.8 Å². The van der Waals surface area contributed by atoms with Crippen LogP contribution in [0.5, 0.6) is 0 Å². The van der Waals surface area contributed by atoms with E-state index >= 15 is 0 Å². The lowest BCUT2D eigenvalue weighted by atomic mass is 9.94. The number of aromatic nitrogens is 2. The Morgan fingerprint density at radius 2 is 2.00 bits per heavy atom. The van der Waals surface area contributed by atoms with Gasteiger partial charge in [-0.2, -0.15) is 0 Å². The maximum absolute atomic E-state index is 14.2. The first-order valence-electron chi connectivity index (χ1n) is 9.35. The summed E-state index contributed by atoms with van der Waals surface area (Å²) in [5.41, 5.74) is 0.512. The number of aromatic amines is 1. The van der Waals surface area contributed by atoms with Crippen molar-refractivity contribution < 1.29 is 27.1 Å². The Morgan fingerprint density at radius 3 is 2.66 bits per heavy atom. The number of carbonyl (C=O) groups excluding carboxylic acids is 1. The van der Waals surface area contributed by atoms with Crippen LogP contribution in [-0.4, -0.2) is 34.7 Å². The Labute approximate surface area is 169 Å². The number of nitrogens with zero attached hydrogens (tertiary/aromatic N) is 1. The van der Waals surface area contributed by atoms with Gasteiger partial charge in [0.15, 0.2) is 28.0 Å². The van der Waals surface area contributed by atoms with Crippen molar-refractivity contribution in [3.63, 3.8) is 0 Å². The van der Waals surface area contributed by atoms with Crippen molar-refractivity contribution in [3.05, 3.63) is 51.1 Å². The van der Waals surface area contributed by atoms with Crippen LogP contribution in [0.2, 0.25) is 0 Å². The molecule has 2 aliphatic rings. The number of halogens is 4. The number of hydrogen-bond acceptors (Lipinski definition) is 3. The first-order chi connectivity index (χ1) is 13.8. The van der Waals surface area contributed by atoms with Gasteiger partial charge in [0.25, 0.3) is 0 Å². The molecule has 2 aromatic rings. The van der Waals surface area contributed by atoms with E-state index in [4.69, 9.17) is 17.0 Å². The fraction of sp³-hybridized carbons (Fsp3) is 0.474. The Morgan fingerprint density at radius 1 is 1.28 bits per heavy atom. The Hall–Kier alpha value is -2.20.